The Labute approximate surface area is 147 Å². The van der Waals surface area contributed by atoms with Gasteiger partial charge < -0.3 is 20.1 Å². The van der Waals surface area contributed by atoms with Gasteiger partial charge in [0.2, 0.25) is 0 Å². The summed E-state index contributed by atoms with van der Waals surface area (Å²) in [5.74, 6) is -0.806. The fraction of sp³-hybridized carbons (Fsp3) is 0.353. The fourth-order valence-corrected chi connectivity index (χ4v) is 2.92. The molecule has 9 heteroatoms. The minimum atomic E-state index is -1.51. The second kappa shape index (κ2) is 6.96. The second-order valence-electron chi connectivity index (χ2n) is 6.03. The minimum Gasteiger partial charge on any atom is -0.394 e. The van der Waals surface area contributed by atoms with Gasteiger partial charge in [-0.3, -0.25) is 14.2 Å². The van der Waals surface area contributed by atoms with E-state index in [4.69, 9.17) is 9.84 Å². The Balaban J connectivity index is 2.09. The molecule has 2 heterocycles. The monoisotopic (exact) mass is 362 g/mol. The predicted molar refractivity (Wildman–Crippen MR) is 88.9 cm³/mol. The van der Waals surface area contributed by atoms with Crippen LogP contribution in [0.1, 0.15) is 22.1 Å². The number of aromatic nitrogens is 2. The molecule has 26 heavy (non-hydrogen) atoms. The zero-order valence-corrected chi connectivity index (χ0v) is 13.8. The standard InChI is InChI=1S/C17H18N2O7/c1-9-4-2-3-5-10(9)15(24)19-12(21)6-7-18(17(19)25)16-14(23)13(22)11(8-20)26-16/h2-7,11,13-14,16,20,22-23H,8H2,1H3/t11-,13?,14?,16-/m0/s1. The molecular weight excluding hydrogens is 344 g/mol. The summed E-state index contributed by atoms with van der Waals surface area (Å²) in [5.41, 5.74) is -1.07. The van der Waals surface area contributed by atoms with Gasteiger partial charge in [0.05, 0.1) is 6.61 Å². The van der Waals surface area contributed by atoms with Crippen LogP contribution in [-0.4, -0.2) is 55.3 Å². The molecule has 0 radical (unpaired) electrons. The number of nitrogens with zero attached hydrogens (tertiary/aromatic N) is 2. The molecule has 0 amide bonds. The SMILES string of the molecule is Cc1ccccc1C(=O)n1c(=O)ccn([C@H]2O[C@@H](CO)C(O)C2O)c1=O. The molecule has 0 saturated carbocycles. The van der Waals surface area contributed by atoms with E-state index in [1.807, 2.05) is 0 Å². The average molecular weight is 362 g/mol. The van der Waals surface area contributed by atoms with Gasteiger partial charge in [0.15, 0.2) is 6.23 Å². The van der Waals surface area contributed by atoms with Crippen LogP contribution in [0.25, 0.3) is 0 Å². The van der Waals surface area contributed by atoms with Gasteiger partial charge in [-0.05, 0) is 18.6 Å². The van der Waals surface area contributed by atoms with E-state index in [-0.39, 0.29) is 5.56 Å². The molecule has 3 rings (SSSR count). The molecule has 1 aliphatic rings. The molecule has 3 N–H and O–H groups in total. The maximum absolute atomic E-state index is 12.7. The highest BCUT2D eigenvalue weighted by molar-refractivity contribution is 5.97. The van der Waals surface area contributed by atoms with Gasteiger partial charge in [-0.25, -0.2) is 4.79 Å². The molecule has 2 unspecified atom stereocenters. The summed E-state index contributed by atoms with van der Waals surface area (Å²) in [7, 11) is 0. The molecule has 1 saturated heterocycles. The number of aryl methyl sites for hydroxylation is 1. The van der Waals surface area contributed by atoms with Crippen molar-refractivity contribution in [2.45, 2.75) is 31.5 Å². The summed E-state index contributed by atoms with van der Waals surface area (Å²) in [6.07, 6.45) is -4.28. The lowest BCUT2D eigenvalue weighted by atomic mass is 10.1. The first-order valence-electron chi connectivity index (χ1n) is 7.93. The fourth-order valence-electron chi connectivity index (χ4n) is 2.92. The lowest BCUT2D eigenvalue weighted by molar-refractivity contribution is -0.0554. The quantitative estimate of drug-likeness (QED) is 0.613. The Hall–Kier alpha value is -2.59. The number of rotatable bonds is 3. The van der Waals surface area contributed by atoms with Crippen LogP contribution >= 0.6 is 0 Å². The van der Waals surface area contributed by atoms with E-state index in [2.05, 4.69) is 0 Å². The summed E-state index contributed by atoms with van der Waals surface area (Å²) in [6, 6.07) is 7.49. The lowest BCUT2D eigenvalue weighted by Crippen LogP contribution is -2.46. The average Bonchev–Trinajstić information content (AvgIpc) is 2.90. The Morgan fingerprint density at radius 3 is 2.46 bits per heavy atom. The van der Waals surface area contributed by atoms with Crippen molar-refractivity contribution in [3.8, 4) is 0 Å². The number of ether oxygens (including phenoxy) is 1. The number of hydrogen-bond acceptors (Lipinski definition) is 7. The van der Waals surface area contributed by atoms with E-state index in [1.165, 1.54) is 6.07 Å². The molecule has 0 aliphatic carbocycles. The van der Waals surface area contributed by atoms with Gasteiger partial charge in [0.25, 0.3) is 11.5 Å². The zero-order chi connectivity index (χ0) is 19.0. The normalized spacial score (nSPS) is 25.4. The number of hydrogen-bond donors (Lipinski definition) is 3. The number of benzene rings is 1. The van der Waals surface area contributed by atoms with Gasteiger partial charge in [-0.15, -0.1) is 0 Å². The van der Waals surface area contributed by atoms with Gasteiger partial charge in [-0.2, -0.15) is 4.57 Å². The predicted octanol–water partition coefficient (Wildman–Crippen LogP) is -1.38. The van der Waals surface area contributed by atoms with Crippen molar-refractivity contribution in [1.82, 2.24) is 9.13 Å². The van der Waals surface area contributed by atoms with E-state index < -0.39 is 48.3 Å². The number of carbonyl (C=O) groups excluding carboxylic acids is 1. The van der Waals surface area contributed by atoms with Crippen LogP contribution in [0.4, 0.5) is 0 Å². The van der Waals surface area contributed by atoms with Crippen molar-refractivity contribution >= 4 is 5.91 Å². The number of carbonyl (C=O) groups is 1. The molecule has 138 valence electrons. The summed E-state index contributed by atoms with van der Waals surface area (Å²) in [6.45, 7) is 1.11. The molecule has 1 aromatic heterocycles. The highest BCUT2D eigenvalue weighted by Crippen LogP contribution is 2.27. The molecule has 2 aromatic rings. The van der Waals surface area contributed by atoms with Crippen LogP contribution in [0.5, 0.6) is 0 Å². The van der Waals surface area contributed by atoms with Gasteiger partial charge in [-0.1, -0.05) is 18.2 Å². The third kappa shape index (κ3) is 2.90. The molecule has 1 aliphatic heterocycles. The summed E-state index contributed by atoms with van der Waals surface area (Å²) >= 11 is 0. The summed E-state index contributed by atoms with van der Waals surface area (Å²) < 4.78 is 6.58. The Bertz CT molecular complexity index is 949. The number of aliphatic hydroxyl groups excluding tert-OH is 3. The maximum atomic E-state index is 12.7. The summed E-state index contributed by atoms with van der Waals surface area (Å²) in [4.78, 5) is 37.6. The minimum absolute atomic E-state index is 0.186. The molecule has 9 nitrogen and oxygen atoms in total. The second-order valence-corrected chi connectivity index (χ2v) is 6.03. The first-order chi connectivity index (χ1) is 12.4. The Kier molecular flexibility index (Phi) is 4.88. The van der Waals surface area contributed by atoms with E-state index in [0.29, 0.717) is 10.1 Å². The van der Waals surface area contributed by atoms with Crippen molar-refractivity contribution in [1.29, 1.82) is 0 Å². The zero-order valence-electron chi connectivity index (χ0n) is 13.8. The van der Waals surface area contributed by atoms with Crippen molar-refractivity contribution in [3.05, 3.63) is 68.5 Å². The first-order valence-corrected chi connectivity index (χ1v) is 7.93. The highest BCUT2D eigenvalue weighted by Gasteiger charge is 2.44. The van der Waals surface area contributed by atoms with Gasteiger partial charge in [0.1, 0.15) is 18.3 Å². The van der Waals surface area contributed by atoms with Crippen molar-refractivity contribution in [2.75, 3.05) is 6.61 Å². The Morgan fingerprint density at radius 1 is 1.15 bits per heavy atom. The molecule has 0 spiro atoms. The van der Waals surface area contributed by atoms with E-state index in [1.54, 1.807) is 25.1 Å². The Morgan fingerprint density at radius 2 is 1.85 bits per heavy atom. The van der Waals surface area contributed by atoms with Gasteiger partial charge >= 0.3 is 5.69 Å². The van der Waals surface area contributed by atoms with Crippen molar-refractivity contribution in [3.63, 3.8) is 0 Å². The third-order valence-electron chi connectivity index (χ3n) is 4.38. The van der Waals surface area contributed by atoms with E-state index >= 15 is 0 Å². The van der Waals surface area contributed by atoms with Crippen LogP contribution in [-0.2, 0) is 4.74 Å². The number of aliphatic hydroxyl groups is 3. The molecule has 0 bridgehead atoms. The highest BCUT2D eigenvalue weighted by atomic mass is 16.6. The van der Waals surface area contributed by atoms with Crippen LogP contribution in [0.3, 0.4) is 0 Å². The van der Waals surface area contributed by atoms with E-state index in [0.717, 1.165) is 16.8 Å². The topological polar surface area (TPSA) is 131 Å². The lowest BCUT2D eigenvalue weighted by Gasteiger charge is -2.18. The van der Waals surface area contributed by atoms with E-state index in [9.17, 15) is 24.6 Å². The van der Waals surface area contributed by atoms with Crippen LogP contribution in [0, 0.1) is 6.92 Å². The van der Waals surface area contributed by atoms with Crippen molar-refractivity contribution < 1.29 is 24.9 Å². The summed E-state index contributed by atoms with van der Waals surface area (Å²) in [5, 5.41) is 29.1. The third-order valence-corrected chi connectivity index (χ3v) is 4.38. The van der Waals surface area contributed by atoms with Gasteiger partial charge in [0, 0.05) is 17.8 Å². The maximum Gasteiger partial charge on any atom is 0.340 e. The smallest absolute Gasteiger partial charge is 0.340 e. The molecule has 1 aromatic carbocycles. The molecule has 1 fully saturated rings. The first kappa shape index (κ1) is 18.2. The largest absolute Gasteiger partial charge is 0.394 e. The van der Waals surface area contributed by atoms with Crippen molar-refractivity contribution in [2.24, 2.45) is 0 Å². The molecular formula is C17H18N2O7. The van der Waals surface area contributed by atoms with Crippen LogP contribution in [0.2, 0.25) is 0 Å². The van der Waals surface area contributed by atoms with Crippen LogP contribution < -0.4 is 11.2 Å². The molecule has 4 atom stereocenters. The van der Waals surface area contributed by atoms with Crippen LogP contribution in [0.15, 0.2) is 46.1 Å².